The molecule has 0 fully saturated rings. The van der Waals surface area contributed by atoms with Gasteiger partial charge in [-0.05, 0) is 24.2 Å². The van der Waals surface area contributed by atoms with Crippen LogP contribution in [0.25, 0.3) is 0 Å². The van der Waals surface area contributed by atoms with Crippen LogP contribution in [0, 0.1) is 0 Å². The van der Waals surface area contributed by atoms with Gasteiger partial charge in [-0.25, -0.2) is 0 Å². The van der Waals surface area contributed by atoms with Crippen molar-refractivity contribution < 1.29 is 14.6 Å². The van der Waals surface area contributed by atoms with E-state index in [0.29, 0.717) is 25.4 Å². The average Bonchev–Trinajstić information content (AvgIpc) is 2.44. The molecule has 0 aliphatic rings. The summed E-state index contributed by atoms with van der Waals surface area (Å²) in [6.07, 6.45) is -0.677. The van der Waals surface area contributed by atoms with E-state index in [1.165, 1.54) is 0 Å². The van der Waals surface area contributed by atoms with Crippen molar-refractivity contribution in [2.45, 2.75) is 19.6 Å². The number of carbonyl (C=O) groups excluding carboxylic acids is 1. The number of hydrogen-bond acceptors (Lipinski definition) is 5. The fraction of sp³-hybridized carbons (Fsp3) is 0.500. The third-order valence-electron chi connectivity index (χ3n) is 2.90. The molecule has 6 nitrogen and oxygen atoms in total. The van der Waals surface area contributed by atoms with Gasteiger partial charge in [-0.2, -0.15) is 0 Å². The van der Waals surface area contributed by atoms with Crippen LogP contribution in [0.1, 0.15) is 12.5 Å². The van der Waals surface area contributed by atoms with Crippen molar-refractivity contribution in [1.29, 1.82) is 0 Å². The van der Waals surface area contributed by atoms with Crippen LogP contribution in [0.5, 0.6) is 5.75 Å². The van der Waals surface area contributed by atoms with Gasteiger partial charge in [0.25, 0.3) is 0 Å². The van der Waals surface area contributed by atoms with Crippen molar-refractivity contribution in [3.8, 4) is 5.75 Å². The smallest absolute Gasteiger partial charge is 0.231 e. The van der Waals surface area contributed by atoms with Gasteiger partial charge < -0.3 is 21.3 Å². The van der Waals surface area contributed by atoms with Crippen LogP contribution >= 0.6 is 0 Å². The summed E-state index contributed by atoms with van der Waals surface area (Å²) in [6, 6.07) is 7.39. The Morgan fingerprint density at radius 3 is 2.55 bits per heavy atom. The molecule has 0 saturated heterocycles. The third kappa shape index (κ3) is 6.01. The summed E-state index contributed by atoms with van der Waals surface area (Å²) < 4.78 is 5.48. The zero-order chi connectivity index (χ0) is 15.0. The zero-order valence-electron chi connectivity index (χ0n) is 11.8. The Bertz CT molecular complexity index is 409. The molecule has 0 aromatic heterocycles. The lowest BCUT2D eigenvalue weighted by atomic mass is 10.2. The number of hydrogen-bond donors (Lipinski definition) is 3. The predicted octanol–water partition coefficient (Wildman–Crippen LogP) is -0.308. The first-order valence-electron chi connectivity index (χ1n) is 6.65. The molecule has 0 saturated carbocycles. The summed E-state index contributed by atoms with van der Waals surface area (Å²) in [7, 11) is 0. The Morgan fingerprint density at radius 1 is 1.40 bits per heavy atom. The standard InChI is InChI=1S/C14H23N3O3/c1-2-17(9-14(16)19)8-12(18)10-20-13-5-3-11(7-15)4-6-13/h3-6,12,18H,2,7-10,15H2,1H3,(H2,16,19). The van der Waals surface area contributed by atoms with E-state index < -0.39 is 12.0 Å². The number of ether oxygens (including phenoxy) is 1. The highest BCUT2D eigenvalue weighted by Crippen LogP contribution is 2.12. The molecular formula is C14H23N3O3. The SMILES string of the molecule is CCN(CC(N)=O)CC(O)COc1ccc(CN)cc1. The van der Waals surface area contributed by atoms with Crippen molar-refractivity contribution in [1.82, 2.24) is 4.90 Å². The summed E-state index contributed by atoms with van der Waals surface area (Å²) >= 11 is 0. The second-order valence-corrected chi connectivity index (χ2v) is 4.61. The van der Waals surface area contributed by atoms with Gasteiger partial charge in [0.15, 0.2) is 0 Å². The average molecular weight is 281 g/mol. The quantitative estimate of drug-likeness (QED) is 0.576. The molecule has 1 aromatic carbocycles. The van der Waals surface area contributed by atoms with Crippen molar-refractivity contribution in [3.05, 3.63) is 29.8 Å². The summed E-state index contributed by atoms with van der Waals surface area (Å²) in [5, 5.41) is 9.89. The first kappa shape index (κ1) is 16.4. The van der Waals surface area contributed by atoms with E-state index in [1.807, 2.05) is 31.2 Å². The van der Waals surface area contributed by atoms with Crippen LogP contribution in [-0.4, -0.2) is 48.3 Å². The van der Waals surface area contributed by atoms with Crippen LogP contribution < -0.4 is 16.2 Å². The lowest BCUT2D eigenvalue weighted by Crippen LogP contribution is -2.40. The lowest BCUT2D eigenvalue weighted by Gasteiger charge is -2.22. The Labute approximate surface area is 119 Å². The second kappa shape index (κ2) is 8.52. The van der Waals surface area contributed by atoms with Crippen LogP contribution in [0.4, 0.5) is 0 Å². The maximum Gasteiger partial charge on any atom is 0.231 e. The number of rotatable bonds is 9. The molecular weight excluding hydrogens is 258 g/mol. The third-order valence-corrected chi connectivity index (χ3v) is 2.90. The molecule has 20 heavy (non-hydrogen) atoms. The van der Waals surface area contributed by atoms with E-state index in [0.717, 1.165) is 5.56 Å². The minimum absolute atomic E-state index is 0.138. The number of aliphatic hydroxyl groups is 1. The fourth-order valence-electron chi connectivity index (χ4n) is 1.79. The highest BCUT2D eigenvalue weighted by molar-refractivity contribution is 5.75. The molecule has 1 aromatic rings. The Kier molecular flexibility index (Phi) is 7.00. The van der Waals surface area contributed by atoms with Crippen molar-refractivity contribution in [3.63, 3.8) is 0 Å². The van der Waals surface area contributed by atoms with Gasteiger partial charge in [0.2, 0.25) is 5.91 Å². The van der Waals surface area contributed by atoms with Gasteiger partial charge in [-0.3, -0.25) is 9.69 Å². The summed E-state index contributed by atoms with van der Waals surface area (Å²) in [5.41, 5.74) is 11.7. The molecule has 6 heteroatoms. The topological polar surface area (TPSA) is 102 Å². The molecule has 1 atom stereocenters. The maximum atomic E-state index is 10.8. The first-order valence-corrected chi connectivity index (χ1v) is 6.65. The van der Waals surface area contributed by atoms with Crippen LogP contribution in [0.2, 0.25) is 0 Å². The largest absolute Gasteiger partial charge is 0.491 e. The van der Waals surface area contributed by atoms with E-state index in [-0.39, 0.29) is 13.2 Å². The first-order chi connectivity index (χ1) is 9.55. The molecule has 0 spiro atoms. The van der Waals surface area contributed by atoms with Crippen LogP contribution in [0.3, 0.4) is 0 Å². The van der Waals surface area contributed by atoms with Gasteiger partial charge >= 0.3 is 0 Å². The zero-order valence-corrected chi connectivity index (χ0v) is 11.8. The molecule has 0 heterocycles. The van der Waals surface area contributed by atoms with E-state index in [9.17, 15) is 9.90 Å². The van der Waals surface area contributed by atoms with Crippen LogP contribution in [0.15, 0.2) is 24.3 Å². The Balaban J connectivity index is 2.37. The van der Waals surface area contributed by atoms with E-state index in [2.05, 4.69) is 0 Å². The summed E-state index contributed by atoms with van der Waals surface area (Å²) in [5.74, 6) is 0.275. The number of benzene rings is 1. The van der Waals surface area contributed by atoms with Gasteiger partial charge in [0, 0.05) is 13.1 Å². The molecule has 0 bridgehead atoms. The highest BCUT2D eigenvalue weighted by Gasteiger charge is 2.12. The van der Waals surface area contributed by atoms with Crippen molar-refractivity contribution in [2.24, 2.45) is 11.5 Å². The normalized spacial score (nSPS) is 12.4. The van der Waals surface area contributed by atoms with Gasteiger partial charge in [0.1, 0.15) is 18.5 Å². The molecule has 1 rings (SSSR count). The number of aliphatic hydroxyl groups excluding tert-OH is 1. The van der Waals surface area contributed by atoms with E-state index in [4.69, 9.17) is 16.2 Å². The van der Waals surface area contributed by atoms with Gasteiger partial charge in [0.05, 0.1) is 6.54 Å². The number of amides is 1. The minimum atomic E-state index is -0.677. The number of nitrogens with zero attached hydrogens (tertiary/aromatic N) is 1. The molecule has 0 aliphatic carbocycles. The molecule has 1 amide bonds. The predicted molar refractivity (Wildman–Crippen MR) is 77.1 cm³/mol. The second-order valence-electron chi connectivity index (χ2n) is 4.61. The summed E-state index contributed by atoms with van der Waals surface area (Å²) in [6.45, 7) is 3.69. The number of carbonyl (C=O) groups is 1. The monoisotopic (exact) mass is 281 g/mol. The Hall–Kier alpha value is -1.63. The van der Waals surface area contributed by atoms with Gasteiger partial charge in [-0.15, -0.1) is 0 Å². The van der Waals surface area contributed by atoms with Crippen molar-refractivity contribution in [2.75, 3.05) is 26.2 Å². The minimum Gasteiger partial charge on any atom is -0.491 e. The maximum absolute atomic E-state index is 10.8. The molecule has 0 aliphatic heterocycles. The molecule has 1 unspecified atom stereocenters. The Morgan fingerprint density at radius 2 is 2.05 bits per heavy atom. The van der Waals surface area contributed by atoms with Gasteiger partial charge in [-0.1, -0.05) is 19.1 Å². The van der Waals surface area contributed by atoms with E-state index >= 15 is 0 Å². The lowest BCUT2D eigenvalue weighted by molar-refractivity contribution is -0.119. The molecule has 0 radical (unpaired) electrons. The van der Waals surface area contributed by atoms with E-state index in [1.54, 1.807) is 4.90 Å². The highest BCUT2D eigenvalue weighted by atomic mass is 16.5. The molecule has 5 N–H and O–H groups in total. The molecule has 112 valence electrons. The summed E-state index contributed by atoms with van der Waals surface area (Å²) in [4.78, 5) is 12.6. The fourth-order valence-corrected chi connectivity index (χ4v) is 1.79. The number of primary amides is 1. The number of nitrogens with two attached hydrogens (primary N) is 2. The van der Waals surface area contributed by atoms with Crippen molar-refractivity contribution >= 4 is 5.91 Å². The number of likely N-dealkylation sites (N-methyl/N-ethyl adjacent to an activating group) is 1. The van der Waals surface area contributed by atoms with Crippen LogP contribution in [-0.2, 0) is 11.3 Å².